The second kappa shape index (κ2) is 5.04. The highest BCUT2D eigenvalue weighted by Gasteiger charge is 2.15. The lowest BCUT2D eigenvalue weighted by Crippen LogP contribution is -2.30. The maximum absolute atomic E-state index is 5.37. The van der Waals surface area contributed by atoms with Crippen molar-refractivity contribution in [2.75, 3.05) is 27.2 Å². The fourth-order valence-electron chi connectivity index (χ4n) is 1.30. The summed E-state index contributed by atoms with van der Waals surface area (Å²) in [6.07, 6.45) is 1.72. The third-order valence-electron chi connectivity index (χ3n) is 2.08. The number of nitrogens with one attached hydrogen (secondary N) is 1. The third kappa shape index (κ3) is 2.86. The van der Waals surface area contributed by atoms with Crippen LogP contribution in [0.3, 0.4) is 0 Å². The van der Waals surface area contributed by atoms with Crippen LogP contribution in [-0.4, -0.2) is 32.1 Å². The minimum absolute atomic E-state index is 0.329. The molecule has 1 N–H and O–H groups in total. The van der Waals surface area contributed by atoms with Gasteiger partial charge in [-0.1, -0.05) is 6.92 Å². The van der Waals surface area contributed by atoms with Crippen molar-refractivity contribution in [2.45, 2.75) is 13.0 Å². The summed E-state index contributed by atoms with van der Waals surface area (Å²) < 4.78 is 5.37. The molecule has 0 amide bonds. The van der Waals surface area contributed by atoms with Crippen LogP contribution in [0.1, 0.15) is 18.7 Å². The van der Waals surface area contributed by atoms with Crippen LogP contribution in [-0.2, 0) is 0 Å². The first kappa shape index (κ1) is 10.3. The number of likely N-dealkylation sites (N-methyl/N-ethyl adjacent to an activating group) is 2. The van der Waals surface area contributed by atoms with Gasteiger partial charge in [-0.15, -0.1) is 0 Å². The number of hydrogen-bond acceptors (Lipinski definition) is 3. The summed E-state index contributed by atoms with van der Waals surface area (Å²) in [6.45, 7) is 4.02. The first-order valence-corrected chi connectivity index (χ1v) is 4.66. The van der Waals surface area contributed by atoms with Gasteiger partial charge in [-0.25, -0.2) is 0 Å². The Kier molecular flexibility index (Phi) is 3.99. The highest BCUT2D eigenvalue weighted by molar-refractivity contribution is 5.04. The van der Waals surface area contributed by atoms with Crippen LogP contribution in [0.5, 0.6) is 0 Å². The molecular formula is C10H18N2O. The van der Waals surface area contributed by atoms with Gasteiger partial charge in [-0.05, 0) is 32.8 Å². The second-order valence-electron chi connectivity index (χ2n) is 3.30. The Balaban J connectivity index is 2.58. The van der Waals surface area contributed by atoms with E-state index in [1.807, 2.05) is 12.1 Å². The van der Waals surface area contributed by atoms with Gasteiger partial charge in [0.05, 0.1) is 12.3 Å². The molecule has 3 nitrogen and oxygen atoms in total. The molecule has 0 aliphatic rings. The number of hydrogen-bond donors (Lipinski definition) is 1. The lowest BCUT2D eigenvalue weighted by atomic mass is 10.2. The minimum Gasteiger partial charge on any atom is -0.468 e. The first-order valence-electron chi connectivity index (χ1n) is 4.66. The van der Waals surface area contributed by atoms with Crippen molar-refractivity contribution < 1.29 is 4.42 Å². The lowest BCUT2D eigenvalue weighted by Gasteiger charge is -2.22. The molecule has 74 valence electrons. The fourth-order valence-corrected chi connectivity index (χ4v) is 1.30. The fraction of sp³-hybridized carbons (Fsp3) is 0.600. The predicted octanol–water partition coefficient (Wildman–Crippen LogP) is 1.49. The topological polar surface area (TPSA) is 28.4 Å². The number of rotatable bonds is 5. The van der Waals surface area contributed by atoms with Crippen LogP contribution in [0, 0.1) is 0 Å². The van der Waals surface area contributed by atoms with Gasteiger partial charge < -0.3 is 9.73 Å². The SMILES string of the molecule is CCNCC(c1ccco1)N(C)C. The number of furan rings is 1. The van der Waals surface area contributed by atoms with Crippen molar-refractivity contribution in [3.63, 3.8) is 0 Å². The Hall–Kier alpha value is -0.800. The molecule has 1 aromatic heterocycles. The van der Waals surface area contributed by atoms with Crippen molar-refractivity contribution in [3.05, 3.63) is 24.2 Å². The van der Waals surface area contributed by atoms with Gasteiger partial charge >= 0.3 is 0 Å². The van der Waals surface area contributed by atoms with E-state index in [-0.39, 0.29) is 0 Å². The Morgan fingerprint density at radius 1 is 1.54 bits per heavy atom. The molecule has 0 bridgehead atoms. The molecule has 1 atom stereocenters. The van der Waals surface area contributed by atoms with Crippen LogP contribution in [0.4, 0.5) is 0 Å². The van der Waals surface area contributed by atoms with Crippen molar-refractivity contribution in [3.8, 4) is 0 Å². The average Bonchev–Trinajstić information content (AvgIpc) is 2.57. The van der Waals surface area contributed by atoms with Gasteiger partial charge in [0, 0.05) is 6.54 Å². The molecule has 0 aliphatic carbocycles. The van der Waals surface area contributed by atoms with E-state index in [2.05, 4.69) is 31.2 Å². The Labute approximate surface area is 79.7 Å². The standard InChI is InChI=1S/C10H18N2O/c1-4-11-8-9(12(2)3)10-6-5-7-13-10/h5-7,9,11H,4,8H2,1-3H3. The zero-order chi connectivity index (χ0) is 9.68. The monoisotopic (exact) mass is 182 g/mol. The van der Waals surface area contributed by atoms with Gasteiger partial charge in [0.15, 0.2) is 0 Å². The quantitative estimate of drug-likeness (QED) is 0.748. The van der Waals surface area contributed by atoms with Crippen LogP contribution in [0.15, 0.2) is 22.8 Å². The van der Waals surface area contributed by atoms with Crippen LogP contribution >= 0.6 is 0 Å². The molecule has 0 spiro atoms. The molecule has 13 heavy (non-hydrogen) atoms. The molecular weight excluding hydrogens is 164 g/mol. The van der Waals surface area contributed by atoms with Gasteiger partial charge in [0.25, 0.3) is 0 Å². The van der Waals surface area contributed by atoms with Gasteiger partial charge in [-0.2, -0.15) is 0 Å². The summed E-state index contributed by atoms with van der Waals surface area (Å²) in [4.78, 5) is 2.15. The molecule has 1 unspecified atom stereocenters. The molecule has 3 heteroatoms. The Bertz CT molecular complexity index is 219. The van der Waals surface area contributed by atoms with Gasteiger partial charge in [-0.3, -0.25) is 4.90 Å². The van der Waals surface area contributed by atoms with E-state index in [0.29, 0.717) is 6.04 Å². The van der Waals surface area contributed by atoms with Crippen LogP contribution < -0.4 is 5.32 Å². The minimum atomic E-state index is 0.329. The summed E-state index contributed by atoms with van der Waals surface area (Å²) in [5, 5.41) is 3.32. The van der Waals surface area contributed by atoms with E-state index in [4.69, 9.17) is 4.42 Å². The zero-order valence-electron chi connectivity index (χ0n) is 8.58. The Morgan fingerprint density at radius 2 is 2.31 bits per heavy atom. The molecule has 1 rings (SSSR count). The Morgan fingerprint density at radius 3 is 2.77 bits per heavy atom. The highest BCUT2D eigenvalue weighted by Crippen LogP contribution is 2.17. The van der Waals surface area contributed by atoms with E-state index in [9.17, 15) is 0 Å². The number of nitrogens with zero attached hydrogens (tertiary/aromatic N) is 1. The predicted molar refractivity (Wildman–Crippen MR) is 53.7 cm³/mol. The highest BCUT2D eigenvalue weighted by atomic mass is 16.3. The molecule has 0 fully saturated rings. The molecule has 0 aliphatic heterocycles. The zero-order valence-corrected chi connectivity index (χ0v) is 8.58. The molecule has 0 saturated heterocycles. The van der Waals surface area contributed by atoms with E-state index in [1.54, 1.807) is 6.26 Å². The van der Waals surface area contributed by atoms with Crippen LogP contribution in [0.2, 0.25) is 0 Å². The smallest absolute Gasteiger partial charge is 0.122 e. The lowest BCUT2D eigenvalue weighted by molar-refractivity contribution is 0.252. The largest absolute Gasteiger partial charge is 0.468 e. The van der Waals surface area contributed by atoms with Gasteiger partial charge in [0.1, 0.15) is 5.76 Å². The normalized spacial score (nSPS) is 13.5. The van der Waals surface area contributed by atoms with E-state index >= 15 is 0 Å². The maximum atomic E-state index is 5.37. The third-order valence-corrected chi connectivity index (χ3v) is 2.08. The summed E-state index contributed by atoms with van der Waals surface area (Å²) in [7, 11) is 4.12. The molecule has 1 aromatic rings. The van der Waals surface area contributed by atoms with E-state index < -0.39 is 0 Å². The van der Waals surface area contributed by atoms with Crippen LogP contribution in [0.25, 0.3) is 0 Å². The summed E-state index contributed by atoms with van der Waals surface area (Å²) in [5.74, 6) is 1.02. The van der Waals surface area contributed by atoms with E-state index in [0.717, 1.165) is 18.8 Å². The summed E-state index contributed by atoms with van der Waals surface area (Å²) in [5.41, 5.74) is 0. The van der Waals surface area contributed by atoms with E-state index in [1.165, 1.54) is 0 Å². The molecule has 1 heterocycles. The van der Waals surface area contributed by atoms with Crippen molar-refractivity contribution in [1.29, 1.82) is 0 Å². The van der Waals surface area contributed by atoms with Crippen molar-refractivity contribution in [1.82, 2.24) is 10.2 Å². The molecule has 0 aromatic carbocycles. The van der Waals surface area contributed by atoms with Crippen molar-refractivity contribution in [2.24, 2.45) is 0 Å². The summed E-state index contributed by atoms with van der Waals surface area (Å²) in [6, 6.07) is 4.27. The van der Waals surface area contributed by atoms with Gasteiger partial charge in [0.2, 0.25) is 0 Å². The second-order valence-corrected chi connectivity index (χ2v) is 3.30. The summed E-state index contributed by atoms with van der Waals surface area (Å²) >= 11 is 0. The average molecular weight is 182 g/mol. The van der Waals surface area contributed by atoms with Crippen molar-refractivity contribution >= 4 is 0 Å². The molecule has 0 saturated carbocycles. The first-order chi connectivity index (χ1) is 6.25. The molecule has 0 radical (unpaired) electrons. The maximum Gasteiger partial charge on any atom is 0.122 e.